The molecule has 0 aromatic carbocycles. The van der Waals surface area contributed by atoms with Gasteiger partial charge in [-0.1, -0.05) is 26.7 Å². The molecule has 0 bridgehead atoms. The number of sulfonamides is 1. The summed E-state index contributed by atoms with van der Waals surface area (Å²) in [6.07, 6.45) is 4.39. The molecule has 1 atom stereocenters. The molecule has 1 aliphatic heterocycles. The Hall–Kier alpha value is -0.620. The molecule has 1 aliphatic carbocycles. The molecule has 1 saturated carbocycles. The Bertz CT molecular complexity index is 453. The Morgan fingerprint density at radius 1 is 1.37 bits per heavy atom. The molecule has 2 rings (SSSR count). The van der Waals surface area contributed by atoms with Gasteiger partial charge in [0.25, 0.3) is 0 Å². The van der Waals surface area contributed by atoms with Crippen molar-refractivity contribution in [3.8, 4) is 0 Å². The molecule has 0 amide bonds. The number of aliphatic carboxylic acids is 1. The molecule has 1 heterocycles. The third-order valence-electron chi connectivity index (χ3n) is 4.30. The van der Waals surface area contributed by atoms with Crippen LogP contribution in [0.2, 0.25) is 0 Å². The molecule has 0 aromatic rings. The summed E-state index contributed by atoms with van der Waals surface area (Å²) >= 11 is 0. The fraction of sp³-hybridized carbons (Fsp3) is 0.923. The predicted molar refractivity (Wildman–Crippen MR) is 72.3 cm³/mol. The second-order valence-corrected chi connectivity index (χ2v) is 8.53. The molecule has 1 unspecified atom stereocenters. The maximum absolute atomic E-state index is 12.4. The topological polar surface area (TPSA) is 74.7 Å². The van der Waals surface area contributed by atoms with E-state index in [1.807, 2.05) is 13.8 Å². The Morgan fingerprint density at radius 2 is 2.00 bits per heavy atom. The number of nitrogens with zero attached hydrogens (tertiary/aromatic N) is 1. The molecule has 19 heavy (non-hydrogen) atoms. The largest absolute Gasteiger partial charge is 0.480 e. The number of rotatable bonds is 5. The van der Waals surface area contributed by atoms with E-state index in [-0.39, 0.29) is 5.75 Å². The predicted octanol–water partition coefficient (Wildman–Crippen LogP) is 1.69. The fourth-order valence-corrected chi connectivity index (χ4v) is 4.91. The number of carboxylic acid groups (broad SMARTS) is 1. The van der Waals surface area contributed by atoms with Crippen LogP contribution in [0.4, 0.5) is 0 Å². The van der Waals surface area contributed by atoms with E-state index >= 15 is 0 Å². The highest BCUT2D eigenvalue weighted by Crippen LogP contribution is 2.38. The number of piperidine rings is 1. The van der Waals surface area contributed by atoms with Crippen LogP contribution in [0, 0.1) is 11.3 Å². The summed E-state index contributed by atoms with van der Waals surface area (Å²) in [5.41, 5.74) is -0.503. The van der Waals surface area contributed by atoms with E-state index in [1.54, 1.807) is 0 Å². The molecular weight excluding hydrogens is 266 g/mol. The summed E-state index contributed by atoms with van der Waals surface area (Å²) < 4.78 is 26.0. The summed E-state index contributed by atoms with van der Waals surface area (Å²) in [6.45, 7) is 4.02. The maximum Gasteiger partial charge on any atom is 0.322 e. The Morgan fingerprint density at radius 3 is 2.53 bits per heavy atom. The molecule has 6 heteroatoms. The van der Waals surface area contributed by atoms with Crippen molar-refractivity contribution >= 4 is 16.0 Å². The molecular formula is C13H23NO4S. The van der Waals surface area contributed by atoms with Crippen LogP contribution < -0.4 is 0 Å². The second kappa shape index (κ2) is 5.05. The van der Waals surface area contributed by atoms with Crippen molar-refractivity contribution in [3.63, 3.8) is 0 Å². The van der Waals surface area contributed by atoms with Crippen LogP contribution in [0.1, 0.15) is 46.0 Å². The number of carboxylic acids is 1. The lowest BCUT2D eigenvalue weighted by Gasteiger charge is -2.43. The molecule has 5 nitrogen and oxygen atoms in total. The number of carbonyl (C=O) groups is 1. The van der Waals surface area contributed by atoms with Crippen LogP contribution in [0.5, 0.6) is 0 Å². The minimum absolute atomic E-state index is 0.0948. The van der Waals surface area contributed by atoms with Gasteiger partial charge in [0, 0.05) is 6.54 Å². The Balaban J connectivity index is 2.16. The lowest BCUT2D eigenvalue weighted by atomic mass is 9.77. The van der Waals surface area contributed by atoms with E-state index in [1.165, 1.54) is 4.31 Å². The van der Waals surface area contributed by atoms with Gasteiger partial charge in [-0.2, -0.15) is 4.31 Å². The summed E-state index contributed by atoms with van der Waals surface area (Å²) in [5.74, 6) is -0.395. The lowest BCUT2D eigenvalue weighted by molar-refractivity contribution is -0.147. The van der Waals surface area contributed by atoms with E-state index < -0.39 is 27.4 Å². The van der Waals surface area contributed by atoms with Crippen molar-refractivity contribution in [1.29, 1.82) is 0 Å². The lowest BCUT2D eigenvalue weighted by Crippen LogP contribution is -2.56. The molecule has 0 spiro atoms. The van der Waals surface area contributed by atoms with Crippen LogP contribution in [0.3, 0.4) is 0 Å². The van der Waals surface area contributed by atoms with Gasteiger partial charge >= 0.3 is 5.97 Å². The smallest absolute Gasteiger partial charge is 0.322 e. The van der Waals surface area contributed by atoms with Crippen LogP contribution in [0.15, 0.2) is 0 Å². The first-order chi connectivity index (χ1) is 8.74. The Kier molecular flexibility index (Phi) is 3.93. The normalized spacial score (nSPS) is 28.2. The first-order valence-corrected chi connectivity index (χ1v) is 8.57. The second-order valence-electron chi connectivity index (χ2n) is 6.49. The van der Waals surface area contributed by atoms with Gasteiger partial charge in [-0.05, 0) is 30.6 Å². The average Bonchev–Trinajstić information content (AvgIpc) is 3.08. The van der Waals surface area contributed by atoms with Gasteiger partial charge < -0.3 is 5.11 Å². The third-order valence-corrected chi connectivity index (χ3v) is 6.16. The quantitative estimate of drug-likeness (QED) is 0.835. The van der Waals surface area contributed by atoms with E-state index in [0.717, 1.165) is 25.7 Å². The zero-order valence-electron chi connectivity index (χ0n) is 11.6. The SMILES string of the molecule is CC1(C)CCCN(S(=O)(=O)CCC2CC2)C1C(=O)O. The van der Waals surface area contributed by atoms with Crippen molar-refractivity contribution in [2.45, 2.75) is 52.0 Å². The van der Waals surface area contributed by atoms with E-state index in [4.69, 9.17) is 0 Å². The van der Waals surface area contributed by atoms with E-state index in [2.05, 4.69) is 0 Å². The standard InChI is InChI=1S/C13H23NO4S/c1-13(2)7-3-8-14(11(13)12(15)16)19(17,18)9-6-10-4-5-10/h10-11H,3-9H2,1-2H3,(H,15,16). The highest BCUT2D eigenvalue weighted by molar-refractivity contribution is 7.89. The van der Waals surface area contributed by atoms with Crippen molar-refractivity contribution in [3.05, 3.63) is 0 Å². The minimum Gasteiger partial charge on any atom is -0.480 e. The van der Waals surface area contributed by atoms with Crippen LogP contribution in [0.25, 0.3) is 0 Å². The summed E-state index contributed by atoms with van der Waals surface area (Å²) in [6, 6.07) is -0.926. The van der Waals surface area contributed by atoms with Gasteiger partial charge in [-0.3, -0.25) is 4.79 Å². The van der Waals surface area contributed by atoms with Crippen molar-refractivity contribution in [1.82, 2.24) is 4.31 Å². The van der Waals surface area contributed by atoms with Crippen molar-refractivity contribution in [2.75, 3.05) is 12.3 Å². The van der Waals surface area contributed by atoms with Crippen LogP contribution in [-0.4, -0.2) is 42.1 Å². The first-order valence-electron chi connectivity index (χ1n) is 6.96. The van der Waals surface area contributed by atoms with Gasteiger partial charge in [-0.25, -0.2) is 8.42 Å². The van der Waals surface area contributed by atoms with Gasteiger partial charge in [0.1, 0.15) is 6.04 Å². The third kappa shape index (κ3) is 3.28. The first kappa shape index (κ1) is 14.8. The molecule has 0 radical (unpaired) electrons. The zero-order valence-corrected chi connectivity index (χ0v) is 12.4. The molecule has 1 N–H and O–H groups in total. The molecule has 2 aliphatic rings. The monoisotopic (exact) mass is 289 g/mol. The number of hydrogen-bond donors (Lipinski definition) is 1. The summed E-state index contributed by atoms with van der Waals surface area (Å²) in [7, 11) is -3.45. The zero-order chi connectivity index (χ0) is 14.3. The summed E-state index contributed by atoms with van der Waals surface area (Å²) in [5, 5.41) is 9.39. The van der Waals surface area contributed by atoms with Gasteiger partial charge in [0.2, 0.25) is 10.0 Å². The van der Waals surface area contributed by atoms with Gasteiger partial charge in [0.15, 0.2) is 0 Å². The van der Waals surface area contributed by atoms with Crippen molar-refractivity contribution < 1.29 is 18.3 Å². The van der Waals surface area contributed by atoms with Crippen molar-refractivity contribution in [2.24, 2.45) is 11.3 Å². The van der Waals surface area contributed by atoms with Gasteiger partial charge in [-0.15, -0.1) is 0 Å². The maximum atomic E-state index is 12.4. The minimum atomic E-state index is -3.45. The van der Waals surface area contributed by atoms with E-state index in [0.29, 0.717) is 18.9 Å². The highest BCUT2D eigenvalue weighted by atomic mass is 32.2. The summed E-state index contributed by atoms with van der Waals surface area (Å²) in [4.78, 5) is 11.5. The molecule has 2 fully saturated rings. The fourth-order valence-electron chi connectivity index (χ4n) is 2.94. The van der Waals surface area contributed by atoms with E-state index in [9.17, 15) is 18.3 Å². The molecule has 0 aromatic heterocycles. The van der Waals surface area contributed by atoms with Crippen LogP contribution in [-0.2, 0) is 14.8 Å². The van der Waals surface area contributed by atoms with Crippen LogP contribution >= 0.6 is 0 Å². The van der Waals surface area contributed by atoms with Gasteiger partial charge in [0.05, 0.1) is 5.75 Å². The number of hydrogen-bond acceptors (Lipinski definition) is 3. The molecule has 110 valence electrons. The highest BCUT2D eigenvalue weighted by Gasteiger charge is 2.47. The average molecular weight is 289 g/mol. The molecule has 1 saturated heterocycles. The Labute approximate surface area is 115 Å².